The minimum Gasteiger partial charge on any atom is -0.377 e. The third-order valence-electron chi connectivity index (χ3n) is 5.48. The van der Waals surface area contributed by atoms with Gasteiger partial charge in [-0.3, -0.25) is 4.68 Å². The third kappa shape index (κ3) is 3.07. The fourth-order valence-corrected chi connectivity index (χ4v) is 3.84. The summed E-state index contributed by atoms with van der Waals surface area (Å²) in [5.41, 5.74) is 0.959. The molecule has 0 spiro atoms. The zero-order valence-corrected chi connectivity index (χ0v) is 17.5. The number of halogens is 2. The van der Waals surface area contributed by atoms with E-state index in [1.54, 1.807) is 30.3 Å². The zero-order valence-electron chi connectivity index (χ0n) is 17.5. The van der Waals surface area contributed by atoms with Crippen LogP contribution in [0.1, 0.15) is 18.3 Å². The molecule has 0 aliphatic rings. The van der Waals surface area contributed by atoms with Crippen LogP contribution in [0.2, 0.25) is 0 Å². The van der Waals surface area contributed by atoms with E-state index in [-0.39, 0.29) is 11.4 Å². The molecule has 0 radical (unpaired) electrons. The van der Waals surface area contributed by atoms with Crippen LogP contribution in [0.25, 0.3) is 33.5 Å². The van der Waals surface area contributed by atoms with Crippen molar-refractivity contribution in [3.8, 4) is 22.5 Å². The van der Waals surface area contributed by atoms with Crippen LogP contribution in [-0.4, -0.2) is 39.6 Å². The average molecular weight is 435 g/mol. The molecule has 0 aliphatic carbocycles. The highest BCUT2D eigenvalue weighted by Crippen LogP contribution is 2.34. The van der Waals surface area contributed by atoms with Crippen LogP contribution in [0.4, 0.5) is 8.78 Å². The number of aryl methyl sites for hydroxylation is 2. The Labute approximate surface area is 181 Å². The van der Waals surface area contributed by atoms with Crippen LogP contribution in [0.5, 0.6) is 0 Å². The molecule has 4 heterocycles. The largest absolute Gasteiger partial charge is 0.377 e. The van der Waals surface area contributed by atoms with Crippen LogP contribution < -0.4 is 0 Å². The molecule has 4 aromatic heterocycles. The zero-order chi connectivity index (χ0) is 22.6. The Balaban J connectivity index is 1.61. The van der Waals surface area contributed by atoms with Gasteiger partial charge in [-0.1, -0.05) is 12.1 Å². The summed E-state index contributed by atoms with van der Waals surface area (Å²) >= 11 is 0. The van der Waals surface area contributed by atoms with Gasteiger partial charge < -0.3 is 10.1 Å². The number of pyridine rings is 1. The molecule has 0 aliphatic heterocycles. The molecule has 0 bridgehead atoms. The minimum absolute atomic E-state index is 0.0720. The maximum Gasteiger partial charge on any atom is 0.183 e. The maximum absolute atomic E-state index is 14.4. The summed E-state index contributed by atoms with van der Waals surface area (Å²) in [6.07, 6.45) is 7.10. The Hall–Kier alpha value is -3.92. The molecule has 5 rings (SSSR count). The molecule has 32 heavy (non-hydrogen) atoms. The topological polar surface area (TPSA) is 97.4 Å². The van der Waals surface area contributed by atoms with Crippen molar-refractivity contribution in [2.24, 2.45) is 14.1 Å². The fraction of sp³-hybridized carbons (Fsp3) is 0.182. The van der Waals surface area contributed by atoms with E-state index in [0.717, 1.165) is 22.6 Å². The van der Waals surface area contributed by atoms with Crippen LogP contribution in [0, 0.1) is 11.6 Å². The van der Waals surface area contributed by atoms with Crippen molar-refractivity contribution in [2.75, 3.05) is 0 Å². The van der Waals surface area contributed by atoms with Crippen LogP contribution >= 0.6 is 0 Å². The molecule has 1 aromatic carbocycles. The Morgan fingerprint density at radius 3 is 2.69 bits per heavy atom. The summed E-state index contributed by atoms with van der Waals surface area (Å²) in [6, 6.07) is 5.61. The highest BCUT2D eigenvalue weighted by molar-refractivity contribution is 5.94. The first-order chi connectivity index (χ1) is 15.3. The first-order valence-electron chi connectivity index (χ1n) is 9.80. The highest BCUT2D eigenvalue weighted by atomic mass is 19.2. The SMILES string of the molecule is Cn1cc(-c2cnc3[nH]cc(-c4nc(C(C)(O)c5cccc(F)c5F)n(C)n4)c3c2)cn1. The number of benzene rings is 1. The molecule has 0 fully saturated rings. The normalized spacial score (nSPS) is 13.6. The van der Waals surface area contributed by atoms with Crippen molar-refractivity contribution in [2.45, 2.75) is 12.5 Å². The standard InChI is InChI=1S/C22H19F2N7O/c1-22(32,16-5-4-6-17(23)18(16)24)21-28-20(29-31(21)3)15-10-26-19-14(15)7-12(8-25-19)13-9-27-30(2)11-13/h4-11,32H,1-3H3,(H,25,26). The average Bonchev–Trinajstić information content (AvgIpc) is 3.47. The quantitative estimate of drug-likeness (QED) is 0.452. The molecule has 0 amide bonds. The van der Waals surface area contributed by atoms with Gasteiger partial charge in [0, 0.05) is 60.3 Å². The Morgan fingerprint density at radius 2 is 1.94 bits per heavy atom. The summed E-state index contributed by atoms with van der Waals surface area (Å²) in [5, 5.41) is 20.5. The van der Waals surface area contributed by atoms with Gasteiger partial charge >= 0.3 is 0 Å². The number of fused-ring (bicyclic) bond motifs is 1. The van der Waals surface area contributed by atoms with Gasteiger partial charge in [0.2, 0.25) is 0 Å². The van der Waals surface area contributed by atoms with E-state index in [1.165, 1.54) is 23.7 Å². The van der Waals surface area contributed by atoms with Crippen molar-refractivity contribution < 1.29 is 13.9 Å². The molecule has 8 nitrogen and oxygen atoms in total. The van der Waals surface area contributed by atoms with E-state index in [0.29, 0.717) is 17.0 Å². The van der Waals surface area contributed by atoms with Gasteiger partial charge in [-0.15, -0.1) is 0 Å². The number of aromatic amines is 1. The molecule has 0 saturated heterocycles. The van der Waals surface area contributed by atoms with E-state index in [1.807, 2.05) is 19.3 Å². The molecule has 1 unspecified atom stereocenters. The number of aromatic nitrogens is 7. The minimum atomic E-state index is -1.91. The lowest BCUT2D eigenvalue weighted by Crippen LogP contribution is -2.28. The molecule has 5 aromatic rings. The molecule has 162 valence electrons. The van der Waals surface area contributed by atoms with Gasteiger partial charge in [0.25, 0.3) is 0 Å². The molecular weight excluding hydrogens is 416 g/mol. The van der Waals surface area contributed by atoms with Crippen molar-refractivity contribution in [1.29, 1.82) is 0 Å². The smallest absolute Gasteiger partial charge is 0.183 e. The number of H-pyrrole nitrogens is 1. The van der Waals surface area contributed by atoms with Crippen molar-refractivity contribution in [3.63, 3.8) is 0 Å². The monoisotopic (exact) mass is 435 g/mol. The van der Waals surface area contributed by atoms with E-state index >= 15 is 0 Å². The highest BCUT2D eigenvalue weighted by Gasteiger charge is 2.35. The molecule has 2 N–H and O–H groups in total. The lowest BCUT2D eigenvalue weighted by Gasteiger charge is -2.23. The summed E-state index contributed by atoms with van der Waals surface area (Å²) in [7, 11) is 3.43. The second kappa shape index (κ2) is 7.06. The van der Waals surface area contributed by atoms with E-state index in [2.05, 4.69) is 25.1 Å². The van der Waals surface area contributed by atoms with Crippen molar-refractivity contribution in [1.82, 2.24) is 34.5 Å². The van der Waals surface area contributed by atoms with Gasteiger partial charge in [-0.05, 0) is 19.1 Å². The predicted octanol–water partition coefficient (Wildman–Crippen LogP) is 3.29. The third-order valence-corrected chi connectivity index (χ3v) is 5.48. The predicted molar refractivity (Wildman–Crippen MR) is 113 cm³/mol. The first-order valence-corrected chi connectivity index (χ1v) is 9.80. The second-order valence-electron chi connectivity index (χ2n) is 7.78. The van der Waals surface area contributed by atoms with Gasteiger partial charge in [-0.2, -0.15) is 10.2 Å². The van der Waals surface area contributed by atoms with Gasteiger partial charge in [0.1, 0.15) is 11.2 Å². The van der Waals surface area contributed by atoms with Crippen LogP contribution in [0.3, 0.4) is 0 Å². The van der Waals surface area contributed by atoms with Gasteiger partial charge in [-0.25, -0.2) is 23.4 Å². The number of nitrogens with one attached hydrogen (secondary N) is 1. The number of aliphatic hydroxyl groups is 1. The fourth-order valence-electron chi connectivity index (χ4n) is 3.84. The number of hydrogen-bond acceptors (Lipinski definition) is 5. The van der Waals surface area contributed by atoms with Crippen LogP contribution in [0.15, 0.2) is 49.1 Å². The van der Waals surface area contributed by atoms with Crippen molar-refractivity contribution in [3.05, 3.63) is 72.1 Å². The Bertz CT molecular complexity index is 1460. The van der Waals surface area contributed by atoms with Crippen LogP contribution in [-0.2, 0) is 19.7 Å². The number of hydrogen-bond donors (Lipinski definition) is 2. The number of nitrogens with zero attached hydrogens (tertiary/aromatic N) is 6. The molecule has 10 heteroatoms. The molecule has 1 atom stereocenters. The van der Waals surface area contributed by atoms with E-state index < -0.39 is 17.2 Å². The number of rotatable bonds is 4. The summed E-state index contributed by atoms with van der Waals surface area (Å²) < 4.78 is 31.2. The summed E-state index contributed by atoms with van der Waals surface area (Å²) in [6.45, 7) is 1.36. The maximum atomic E-state index is 14.4. The Kier molecular flexibility index (Phi) is 4.41. The second-order valence-corrected chi connectivity index (χ2v) is 7.78. The lowest BCUT2D eigenvalue weighted by molar-refractivity contribution is 0.0831. The van der Waals surface area contributed by atoms with E-state index in [4.69, 9.17) is 0 Å². The lowest BCUT2D eigenvalue weighted by atomic mass is 9.94. The van der Waals surface area contributed by atoms with Gasteiger partial charge in [0.15, 0.2) is 23.3 Å². The molecule has 0 saturated carbocycles. The van der Waals surface area contributed by atoms with Gasteiger partial charge in [0.05, 0.1) is 6.20 Å². The Morgan fingerprint density at radius 1 is 1.12 bits per heavy atom. The summed E-state index contributed by atoms with van der Waals surface area (Å²) in [5.74, 6) is -1.78. The van der Waals surface area contributed by atoms with E-state index in [9.17, 15) is 13.9 Å². The summed E-state index contributed by atoms with van der Waals surface area (Å²) in [4.78, 5) is 12.0. The van der Waals surface area contributed by atoms with Crippen molar-refractivity contribution >= 4 is 11.0 Å². The first kappa shape index (κ1) is 20.0. The molecular formula is C22H19F2N7O.